The minimum Gasteiger partial charge on any atom is -0.241 e. The third-order valence-corrected chi connectivity index (χ3v) is 4.28. The molecule has 3 aromatic rings. The van der Waals surface area contributed by atoms with Crippen LogP contribution in [0, 0.1) is 13.8 Å². The van der Waals surface area contributed by atoms with E-state index in [0.29, 0.717) is 0 Å². The van der Waals surface area contributed by atoms with Crippen molar-refractivity contribution < 1.29 is 0 Å². The van der Waals surface area contributed by atoms with Crippen molar-refractivity contribution in [3.05, 3.63) is 52.0 Å². The number of thiazole rings is 1. The van der Waals surface area contributed by atoms with Crippen LogP contribution in [0.5, 0.6) is 0 Å². The van der Waals surface area contributed by atoms with Gasteiger partial charge in [0.25, 0.3) is 0 Å². The Morgan fingerprint density at radius 2 is 1.83 bits per heavy atom. The van der Waals surface area contributed by atoms with Gasteiger partial charge >= 0.3 is 0 Å². The van der Waals surface area contributed by atoms with E-state index in [1.165, 1.54) is 10.3 Å². The van der Waals surface area contributed by atoms with Gasteiger partial charge in [-0.3, -0.25) is 0 Å². The van der Waals surface area contributed by atoms with Crippen LogP contribution < -0.4 is 0 Å². The van der Waals surface area contributed by atoms with Gasteiger partial charge in [-0.2, -0.15) is 0 Å². The van der Waals surface area contributed by atoms with Crippen molar-refractivity contribution in [3.63, 3.8) is 0 Å². The van der Waals surface area contributed by atoms with Gasteiger partial charge in [0.05, 0.1) is 15.2 Å². The maximum atomic E-state index is 6.31. The highest BCUT2D eigenvalue weighted by atomic mass is 35.5. The summed E-state index contributed by atoms with van der Waals surface area (Å²) in [5.41, 5.74) is 4.49. The van der Waals surface area contributed by atoms with Gasteiger partial charge in [-0.05, 0) is 31.5 Å². The molecular weight excluding hydrogens is 262 g/mol. The van der Waals surface area contributed by atoms with E-state index in [2.05, 4.69) is 30.1 Å². The average molecular weight is 274 g/mol. The molecule has 0 bridgehead atoms. The topological polar surface area (TPSA) is 12.9 Å². The second-order valence-electron chi connectivity index (χ2n) is 4.32. The molecule has 1 nitrogen and oxygen atoms in total. The van der Waals surface area contributed by atoms with E-state index in [9.17, 15) is 0 Å². The number of rotatable bonds is 1. The van der Waals surface area contributed by atoms with Gasteiger partial charge in [0.15, 0.2) is 0 Å². The fourth-order valence-corrected chi connectivity index (χ4v) is 3.28. The highest BCUT2D eigenvalue weighted by Crippen LogP contribution is 2.37. The predicted octanol–water partition coefficient (Wildman–Crippen LogP) is 5.23. The Kier molecular flexibility index (Phi) is 2.84. The fraction of sp³-hybridized carbons (Fsp3) is 0.133. The van der Waals surface area contributed by atoms with Crippen LogP contribution in [0.1, 0.15) is 10.6 Å². The summed E-state index contributed by atoms with van der Waals surface area (Å²) in [7, 11) is 0. The summed E-state index contributed by atoms with van der Waals surface area (Å²) >= 11 is 8.03. The summed E-state index contributed by atoms with van der Waals surface area (Å²) in [6.45, 7) is 4.14. The zero-order valence-electron chi connectivity index (χ0n) is 10.2. The number of halogens is 1. The normalized spacial score (nSPS) is 11.1. The van der Waals surface area contributed by atoms with E-state index in [1.54, 1.807) is 11.3 Å². The molecule has 90 valence electrons. The van der Waals surface area contributed by atoms with Gasteiger partial charge < -0.3 is 0 Å². The Morgan fingerprint density at radius 3 is 2.61 bits per heavy atom. The van der Waals surface area contributed by atoms with Crippen LogP contribution in [0.4, 0.5) is 0 Å². The molecule has 0 radical (unpaired) electrons. The van der Waals surface area contributed by atoms with Crippen LogP contribution in [0.2, 0.25) is 5.02 Å². The largest absolute Gasteiger partial charge is 0.241 e. The van der Waals surface area contributed by atoms with Crippen molar-refractivity contribution in [1.29, 1.82) is 0 Å². The second kappa shape index (κ2) is 4.38. The molecule has 0 fully saturated rings. The predicted molar refractivity (Wildman–Crippen MR) is 79.5 cm³/mol. The maximum absolute atomic E-state index is 6.31. The molecule has 1 aromatic heterocycles. The van der Waals surface area contributed by atoms with E-state index in [0.717, 1.165) is 26.7 Å². The van der Waals surface area contributed by atoms with Crippen LogP contribution in [0.15, 0.2) is 36.4 Å². The molecule has 3 rings (SSSR count). The molecule has 1 heterocycles. The molecule has 2 aromatic carbocycles. The molecule has 0 amide bonds. The van der Waals surface area contributed by atoms with E-state index in [-0.39, 0.29) is 0 Å². The number of hydrogen-bond acceptors (Lipinski definition) is 2. The molecule has 0 N–H and O–H groups in total. The van der Waals surface area contributed by atoms with Gasteiger partial charge in [-0.25, -0.2) is 4.98 Å². The van der Waals surface area contributed by atoms with Gasteiger partial charge in [0, 0.05) is 16.1 Å². The molecule has 0 saturated carbocycles. The number of benzene rings is 2. The van der Waals surface area contributed by atoms with Gasteiger partial charge in [-0.1, -0.05) is 35.9 Å². The lowest BCUT2D eigenvalue weighted by atomic mass is 9.99. The monoisotopic (exact) mass is 273 g/mol. The van der Waals surface area contributed by atoms with Crippen molar-refractivity contribution in [2.45, 2.75) is 13.8 Å². The minimum atomic E-state index is 0.777. The van der Waals surface area contributed by atoms with Gasteiger partial charge in [-0.15, -0.1) is 11.3 Å². The van der Waals surface area contributed by atoms with Crippen LogP contribution >= 0.6 is 22.9 Å². The van der Waals surface area contributed by atoms with Gasteiger partial charge in [0.2, 0.25) is 0 Å². The second-order valence-corrected chi connectivity index (χ2v) is 5.96. The lowest BCUT2D eigenvalue weighted by molar-refractivity contribution is 1.34. The number of aryl methyl sites for hydroxylation is 2. The Balaban J connectivity index is 2.41. The fourth-order valence-electron chi connectivity index (χ4n) is 2.21. The lowest BCUT2D eigenvalue weighted by Gasteiger charge is -2.08. The Labute approximate surface area is 115 Å². The van der Waals surface area contributed by atoms with Crippen LogP contribution in [0.25, 0.3) is 21.3 Å². The van der Waals surface area contributed by atoms with Crippen molar-refractivity contribution >= 4 is 33.2 Å². The van der Waals surface area contributed by atoms with E-state index < -0.39 is 0 Å². The smallest absolute Gasteiger partial charge is 0.0908 e. The molecule has 0 saturated heterocycles. The quantitative estimate of drug-likeness (QED) is 0.591. The molecule has 0 unspecified atom stereocenters. The van der Waals surface area contributed by atoms with Crippen molar-refractivity contribution in [2.24, 2.45) is 0 Å². The molecule has 18 heavy (non-hydrogen) atoms. The summed E-state index contributed by atoms with van der Waals surface area (Å²) in [6.07, 6.45) is 0. The molecular formula is C15H12ClNS. The third kappa shape index (κ3) is 1.82. The highest BCUT2D eigenvalue weighted by molar-refractivity contribution is 7.18. The molecule has 0 atom stereocenters. The van der Waals surface area contributed by atoms with E-state index in [1.807, 2.05) is 25.1 Å². The Bertz CT molecular complexity index is 730. The molecule has 0 aliphatic heterocycles. The summed E-state index contributed by atoms with van der Waals surface area (Å²) in [6, 6.07) is 12.2. The molecule has 0 spiro atoms. The van der Waals surface area contributed by atoms with Crippen LogP contribution in [-0.4, -0.2) is 4.98 Å². The van der Waals surface area contributed by atoms with Crippen molar-refractivity contribution in [1.82, 2.24) is 4.98 Å². The lowest BCUT2D eigenvalue weighted by Crippen LogP contribution is -1.86. The summed E-state index contributed by atoms with van der Waals surface area (Å²) in [4.78, 5) is 4.65. The zero-order valence-corrected chi connectivity index (χ0v) is 11.8. The first-order valence-corrected chi connectivity index (χ1v) is 6.98. The zero-order chi connectivity index (χ0) is 12.7. The first-order chi connectivity index (χ1) is 8.66. The number of aromatic nitrogens is 1. The number of fused-ring (bicyclic) bond motifs is 1. The number of nitrogens with zero attached hydrogens (tertiary/aromatic N) is 1. The molecule has 0 aliphatic rings. The van der Waals surface area contributed by atoms with E-state index >= 15 is 0 Å². The maximum Gasteiger partial charge on any atom is 0.0908 e. The van der Waals surface area contributed by atoms with Crippen LogP contribution in [0.3, 0.4) is 0 Å². The van der Waals surface area contributed by atoms with Crippen molar-refractivity contribution in [3.8, 4) is 11.1 Å². The Morgan fingerprint density at radius 1 is 1.06 bits per heavy atom. The van der Waals surface area contributed by atoms with Crippen molar-refractivity contribution in [2.75, 3.05) is 0 Å². The summed E-state index contributed by atoms with van der Waals surface area (Å²) in [5, 5.41) is 1.86. The van der Waals surface area contributed by atoms with Gasteiger partial charge in [0.1, 0.15) is 0 Å². The average Bonchev–Trinajstić information content (AvgIpc) is 2.71. The highest BCUT2D eigenvalue weighted by Gasteiger charge is 2.13. The molecule has 0 aliphatic carbocycles. The minimum absolute atomic E-state index is 0.777. The Hall–Kier alpha value is -1.38. The summed E-state index contributed by atoms with van der Waals surface area (Å²) in [5.74, 6) is 0. The molecule has 3 heteroatoms. The standard InChI is InChI=1S/C15H12ClNS/c1-9-7-8-13-15(17-10(2)18-13)14(9)11-5-3-4-6-12(11)16/h3-8H,1-2H3. The first kappa shape index (κ1) is 11.7. The van der Waals surface area contributed by atoms with Crippen LogP contribution in [-0.2, 0) is 0 Å². The summed E-state index contributed by atoms with van der Waals surface area (Å²) < 4.78 is 1.22. The van der Waals surface area contributed by atoms with E-state index in [4.69, 9.17) is 11.6 Å². The SMILES string of the molecule is Cc1nc2c(-c3ccccc3Cl)c(C)ccc2s1. The third-order valence-electron chi connectivity index (χ3n) is 3.02. The number of hydrogen-bond donors (Lipinski definition) is 0. The first-order valence-electron chi connectivity index (χ1n) is 5.78.